The molecule has 3 heterocycles. The minimum atomic E-state index is 0.148. The first-order valence-electron chi connectivity index (χ1n) is 7.27. The molecule has 0 spiro atoms. The van der Waals surface area contributed by atoms with Crippen molar-refractivity contribution in [3.05, 3.63) is 18.5 Å². The maximum absolute atomic E-state index is 12.5. The maximum atomic E-state index is 12.5. The zero-order valence-corrected chi connectivity index (χ0v) is 11.8. The van der Waals surface area contributed by atoms with Crippen LogP contribution in [-0.2, 0) is 4.79 Å². The lowest BCUT2D eigenvalue weighted by atomic mass is 9.96. The fraction of sp³-hybridized carbons (Fsp3) is 0.643. The summed E-state index contributed by atoms with van der Waals surface area (Å²) in [6.07, 6.45) is 3.51. The van der Waals surface area contributed by atoms with Crippen LogP contribution in [0.5, 0.6) is 0 Å². The largest absolute Gasteiger partial charge is 0.339 e. The first-order valence-corrected chi connectivity index (χ1v) is 7.27. The Bertz CT molecular complexity index is 458. The summed E-state index contributed by atoms with van der Waals surface area (Å²) in [5.41, 5.74) is 0. The molecule has 3 rings (SSSR count). The Kier molecular flexibility index (Phi) is 3.82. The lowest BCUT2D eigenvalue weighted by Crippen LogP contribution is -2.51. The highest BCUT2D eigenvalue weighted by Crippen LogP contribution is 2.20. The maximum Gasteiger partial charge on any atom is 0.227 e. The predicted octanol–water partition coefficient (Wildman–Crippen LogP) is -0.0193. The van der Waals surface area contributed by atoms with Gasteiger partial charge in [-0.05, 0) is 18.5 Å². The number of piperazine rings is 1. The summed E-state index contributed by atoms with van der Waals surface area (Å²) in [7, 11) is 0. The molecule has 0 bridgehead atoms. The number of carbonyl (C=O) groups excluding carboxylic acids is 1. The average Bonchev–Trinajstić information content (AvgIpc) is 2.94. The molecule has 0 aliphatic carbocycles. The van der Waals surface area contributed by atoms with E-state index in [9.17, 15) is 4.79 Å². The summed E-state index contributed by atoms with van der Waals surface area (Å²) in [5, 5.41) is 3.30. The lowest BCUT2D eigenvalue weighted by molar-refractivity contribution is -0.136. The Labute approximate surface area is 119 Å². The monoisotopic (exact) mass is 275 g/mol. The number of hydrogen-bond donors (Lipinski definition) is 1. The number of hydrogen-bond acceptors (Lipinski definition) is 5. The summed E-state index contributed by atoms with van der Waals surface area (Å²) in [6, 6.07) is 1.82. The van der Waals surface area contributed by atoms with E-state index in [2.05, 4.69) is 27.1 Å². The van der Waals surface area contributed by atoms with Gasteiger partial charge in [0.1, 0.15) is 0 Å². The molecule has 1 amide bonds. The fourth-order valence-corrected chi connectivity index (χ4v) is 2.96. The molecule has 20 heavy (non-hydrogen) atoms. The Morgan fingerprint density at radius 3 is 2.50 bits per heavy atom. The molecule has 1 N–H and O–H groups in total. The van der Waals surface area contributed by atoms with Crippen LogP contribution < -0.4 is 10.2 Å². The number of nitrogens with zero attached hydrogens (tertiary/aromatic N) is 4. The van der Waals surface area contributed by atoms with Crippen molar-refractivity contribution in [2.24, 2.45) is 11.8 Å². The third-order valence-corrected chi connectivity index (χ3v) is 4.26. The van der Waals surface area contributed by atoms with Gasteiger partial charge in [-0.2, -0.15) is 0 Å². The number of aromatic nitrogens is 2. The molecular weight excluding hydrogens is 254 g/mol. The van der Waals surface area contributed by atoms with E-state index in [1.54, 1.807) is 12.4 Å². The molecule has 2 fully saturated rings. The third kappa shape index (κ3) is 2.60. The van der Waals surface area contributed by atoms with Gasteiger partial charge in [0.05, 0.1) is 5.92 Å². The van der Waals surface area contributed by atoms with E-state index in [1.165, 1.54) is 0 Å². The molecule has 2 saturated heterocycles. The van der Waals surface area contributed by atoms with Crippen LogP contribution in [-0.4, -0.2) is 60.0 Å². The molecule has 2 aliphatic heterocycles. The second kappa shape index (κ2) is 5.75. The van der Waals surface area contributed by atoms with Gasteiger partial charge in [0, 0.05) is 45.1 Å². The van der Waals surface area contributed by atoms with Crippen molar-refractivity contribution >= 4 is 11.9 Å². The highest BCUT2D eigenvalue weighted by molar-refractivity contribution is 5.80. The molecule has 6 heteroatoms. The molecule has 0 saturated carbocycles. The van der Waals surface area contributed by atoms with Crippen molar-refractivity contribution in [1.82, 2.24) is 20.2 Å². The Morgan fingerprint density at radius 2 is 1.90 bits per heavy atom. The average molecular weight is 275 g/mol. The topological polar surface area (TPSA) is 61.4 Å². The molecule has 0 aromatic carbocycles. The number of rotatable bonds is 2. The van der Waals surface area contributed by atoms with Crippen LogP contribution in [0.2, 0.25) is 0 Å². The number of amides is 1. The van der Waals surface area contributed by atoms with Gasteiger partial charge in [0.25, 0.3) is 0 Å². The van der Waals surface area contributed by atoms with Crippen molar-refractivity contribution in [3.63, 3.8) is 0 Å². The van der Waals surface area contributed by atoms with Crippen LogP contribution in [0, 0.1) is 11.8 Å². The van der Waals surface area contributed by atoms with Gasteiger partial charge in [0.2, 0.25) is 11.9 Å². The van der Waals surface area contributed by atoms with Crippen LogP contribution >= 0.6 is 0 Å². The molecule has 1 aromatic heterocycles. The zero-order valence-electron chi connectivity index (χ0n) is 11.8. The van der Waals surface area contributed by atoms with E-state index in [1.807, 2.05) is 11.0 Å². The van der Waals surface area contributed by atoms with Gasteiger partial charge in [-0.1, -0.05) is 6.92 Å². The van der Waals surface area contributed by atoms with Crippen LogP contribution in [0.15, 0.2) is 18.5 Å². The summed E-state index contributed by atoms with van der Waals surface area (Å²) in [4.78, 5) is 25.1. The quantitative estimate of drug-likeness (QED) is 0.822. The van der Waals surface area contributed by atoms with Gasteiger partial charge in [-0.15, -0.1) is 0 Å². The van der Waals surface area contributed by atoms with E-state index in [0.717, 1.165) is 45.2 Å². The van der Waals surface area contributed by atoms with Gasteiger partial charge in [-0.25, -0.2) is 9.97 Å². The summed E-state index contributed by atoms with van der Waals surface area (Å²) in [6.45, 7) is 7.07. The Hall–Kier alpha value is -1.69. The van der Waals surface area contributed by atoms with Crippen molar-refractivity contribution < 1.29 is 4.79 Å². The summed E-state index contributed by atoms with van der Waals surface area (Å²) < 4.78 is 0. The van der Waals surface area contributed by atoms with Crippen LogP contribution in [0.1, 0.15) is 6.92 Å². The van der Waals surface area contributed by atoms with E-state index < -0.39 is 0 Å². The van der Waals surface area contributed by atoms with Gasteiger partial charge >= 0.3 is 0 Å². The molecule has 108 valence electrons. The SMILES string of the molecule is C[C@@H]1CNC[C@H]1C(=O)N1CCN(c2ncccn2)CC1. The van der Waals surface area contributed by atoms with E-state index in [-0.39, 0.29) is 5.92 Å². The fourth-order valence-electron chi connectivity index (χ4n) is 2.96. The highest BCUT2D eigenvalue weighted by atomic mass is 16.2. The number of carbonyl (C=O) groups is 1. The minimum Gasteiger partial charge on any atom is -0.339 e. The number of anilines is 1. The first kappa shape index (κ1) is 13.3. The van der Waals surface area contributed by atoms with Crippen molar-refractivity contribution in [1.29, 1.82) is 0 Å². The minimum absolute atomic E-state index is 0.148. The van der Waals surface area contributed by atoms with Gasteiger partial charge < -0.3 is 15.1 Å². The van der Waals surface area contributed by atoms with E-state index in [4.69, 9.17) is 0 Å². The predicted molar refractivity (Wildman–Crippen MR) is 76.3 cm³/mol. The van der Waals surface area contributed by atoms with Crippen LogP contribution in [0.25, 0.3) is 0 Å². The summed E-state index contributed by atoms with van der Waals surface area (Å²) in [5.74, 6) is 1.65. The van der Waals surface area contributed by atoms with Gasteiger partial charge in [0.15, 0.2) is 0 Å². The normalized spacial score (nSPS) is 26.9. The Morgan fingerprint density at radius 1 is 1.20 bits per heavy atom. The zero-order chi connectivity index (χ0) is 13.9. The smallest absolute Gasteiger partial charge is 0.227 e. The van der Waals surface area contributed by atoms with Crippen molar-refractivity contribution in [2.75, 3.05) is 44.2 Å². The second-order valence-electron chi connectivity index (χ2n) is 5.60. The van der Waals surface area contributed by atoms with E-state index >= 15 is 0 Å². The molecule has 1 aromatic rings. The van der Waals surface area contributed by atoms with Crippen LogP contribution in [0.3, 0.4) is 0 Å². The van der Waals surface area contributed by atoms with Crippen LogP contribution in [0.4, 0.5) is 5.95 Å². The molecule has 2 atom stereocenters. The Balaban J connectivity index is 1.57. The molecule has 0 radical (unpaired) electrons. The molecular formula is C14H21N5O. The van der Waals surface area contributed by atoms with Crippen molar-refractivity contribution in [2.45, 2.75) is 6.92 Å². The molecule has 6 nitrogen and oxygen atoms in total. The lowest BCUT2D eigenvalue weighted by Gasteiger charge is -2.36. The molecule has 2 aliphatic rings. The summed E-state index contributed by atoms with van der Waals surface area (Å²) >= 11 is 0. The highest BCUT2D eigenvalue weighted by Gasteiger charge is 2.34. The molecule has 0 unspecified atom stereocenters. The second-order valence-corrected chi connectivity index (χ2v) is 5.60. The van der Waals surface area contributed by atoms with E-state index in [0.29, 0.717) is 11.8 Å². The van der Waals surface area contributed by atoms with Crippen molar-refractivity contribution in [3.8, 4) is 0 Å². The first-order chi connectivity index (χ1) is 9.75. The van der Waals surface area contributed by atoms with Gasteiger partial charge in [-0.3, -0.25) is 4.79 Å². The standard InChI is InChI=1S/C14H21N5O/c1-11-9-15-10-12(11)13(20)18-5-7-19(8-6-18)14-16-3-2-4-17-14/h2-4,11-12,15H,5-10H2,1H3/t11-,12-/m1/s1. The number of nitrogens with one attached hydrogen (secondary N) is 1. The third-order valence-electron chi connectivity index (χ3n) is 4.26.